The molecule has 1 fully saturated rings. The zero-order valence-corrected chi connectivity index (χ0v) is 10.8. The van der Waals surface area contributed by atoms with Crippen LogP contribution < -0.4 is 5.73 Å². The van der Waals surface area contributed by atoms with Crippen molar-refractivity contribution < 1.29 is 10.2 Å². The Morgan fingerprint density at radius 2 is 2.22 bits per heavy atom. The van der Waals surface area contributed by atoms with Crippen molar-refractivity contribution in [2.45, 2.75) is 44.1 Å². The molecule has 3 rings (SSSR count). The maximum atomic E-state index is 9.83. The van der Waals surface area contributed by atoms with Crippen LogP contribution in [-0.2, 0) is 11.8 Å². The van der Waals surface area contributed by atoms with Gasteiger partial charge in [-0.3, -0.25) is 0 Å². The van der Waals surface area contributed by atoms with E-state index in [-0.39, 0.29) is 23.5 Å². The van der Waals surface area contributed by atoms with Gasteiger partial charge in [0.2, 0.25) is 0 Å². The fourth-order valence-electron chi connectivity index (χ4n) is 4.09. The molecular weight excluding hydrogens is 226 g/mol. The molecule has 3 unspecified atom stereocenters. The smallest absolute Gasteiger partial charge is 0.115 e. The van der Waals surface area contributed by atoms with E-state index in [0.29, 0.717) is 5.75 Å². The predicted molar refractivity (Wildman–Crippen MR) is 70.5 cm³/mol. The van der Waals surface area contributed by atoms with E-state index in [2.05, 4.69) is 6.92 Å². The first-order valence-electron chi connectivity index (χ1n) is 6.68. The molecule has 1 aromatic carbocycles. The second kappa shape index (κ2) is 3.72. The maximum absolute atomic E-state index is 9.83. The summed E-state index contributed by atoms with van der Waals surface area (Å²) in [4.78, 5) is 0. The summed E-state index contributed by atoms with van der Waals surface area (Å²) in [6, 6.07) is 5.70. The molecule has 2 bridgehead atoms. The van der Waals surface area contributed by atoms with E-state index in [0.717, 1.165) is 25.7 Å². The Kier molecular flexibility index (Phi) is 2.48. The molecule has 3 nitrogen and oxygen atoms in total. The molecule has 0 aromatic heterocycles. The number of phenols is 1. The van der Waals surface area contributed by atoms with Crippen LogP contribution in [0, 0.1) is 5.41 Å². The van der Waals surface area contributed by atoms with Crippen molar-refractivity contribution in [3.05, 3.63) is 29.3 Å². The minimum Gasteiger partial charge on any atom is -0.508 e. The molecule has 0 saturated heterocycles. The number of nitrogens with two attached hydrogens (primary N) is 1. The van der Waals surface area contributed by atoms with Crippen LogP contribution in [0.1, 0.15) is 37.3 Å². The Balaban J connectivity index is 2.15. The van der Waals surface area contributed by atoms with E-state index < -0.39 is 0 Å². The van der Waals surface area contributed by atoms with E-state index in [4.69, 9.17) is 5.73 Å². The van der Waals surface area contributed by atoms with Crippen molar-refractivity contribution in [2.75, 3.05) is 6.61 Å². The van der Waals surface area contributed by atoms with Crippen LogP contribution in [-0.4, -0.2) is 22.9 Å². The molecule has 0 aliphatic heterocycles. The van der Waals surface area contributed by atoms with Crippen molar-refractivity contribution in [3.63, 3.8) is 0 Å². The predicted octanol–water partition coefficient (Wildman–Crippen LogP) is 1.70. The fourth-order valence-corrected chi connectivity index (χ4v) is 4.09. The summed E-state index contributed by atoms with van der Waals surface area (Å²) >= 11 is 0. The highest BCUT2D eigenvalue weighted by molar-refractivity contribution is 5.44. The van der Waals surface area contributed by atoms with Gasteiger partial charge in [-0.2, -0.15) is 0 Å². The second-order valence-corrected chi connectivity index (χ2v) is 6.42. The minimum atomic E-state index is -0.170. The highest BCUT2D eigenvalue weighted by atomic mass is 16.3. The summed E-state index contributed by atoms with van der Waals surface area (Å²) in [6.45, 7) is 2.39. The van der Waals surface area contributed by atoms with Gasteiger partial charge in [0, 0.05) is 11.5 Å². The summed E-state index contributed by atoms with van der Waals surface area (Å²) in [7, 11) is 0. The van der Waals surface area contributed by atoms with Crippen molar-refractivity contribution >= 4 is 0 Å². The SMILES string of the molecule is CC12CCC(N)C(CO)(Cc3ccc(O)cc31)C2. The number of fused-ring (bicyclic) bond motifs is 4. The Morgan fingerprint density at radius 1 is 1.44 bits per heavy atom. The van der Waals surface area contributed by atoms with E-state index in [1.807, 2.05) is 12.1 Å². The average Bonchev–Trinajstić information content (AvgIpc) is 2.36. The van der Waals surface area contributed by atoms with Crippen LogP contribution in [0.15, 0.2) is 18.2 Å². The van der Waals surface area contributed by atoms with Crippen molar-refractivity contribution in [3.8, 4) is 5.75 Å². The molecule has 4 N–H and O–H groups in total. The van der Waals surface area contributed by atoms with Crippen LogP contribution in [0.25, 0.3) is 0 Å². The summed E-state index contributed by atoms with van der Waals surface area (Å²) in [6.07, 6.45) is 3.74. The molecule has 0 radical (unpaired) electrons. The molecule has 3 heteroatoms. The topological polar surface area (TPSA) is 66.5 Å². The summed E-state index contributed by atoms with van der Waals surface area (Å²) in [5.41, 5.74) is 8.63. The summed E-state index contributed by atoms with van der Waals surface area (Å²) < 4.78 is 0. The van der Waals surface area contributed by atoms with E-state index in [9.17, 15) is 10.2 Å². The number of hydrogen-bond donors (Lipinski definition) is 3. The fraction of sp³-hybridized carbons (Fsp3) is 0.600. The first-order chi connectivity index (χ1) is 8.49. The van der Waals surface area contributed by atoms with Gasteiger partial charge in [-0.05, 0) is 54.4 Å². The Labute approximate surface area is 108 Å². The second-order valence-electron chi connectivity index (χ2n) is 6.42. The lowest BCUT2D eigenvalue weighted by Gasteiger charge is -2.54. The van der Waals surface area contributed by atoms with Gasteiger partial charge < -0.3 is 15.9 Å². The lowest BCUT2D eigenvalue weighted by atomic mass is 9.52. The molecule has 1 saturated carbocycles. The van der Waals surface area contributed by atoms with Crippen LogP contribution in [0.3, 0.4) is 0 Å². The number of rotatable bonds is 1. The molecule has 18 heavy (non-hydrogen) atoms. The normalized spacial score (nSPS) is 38.3. The van der Waals surface area contributed by atoms with Gasteiger partial charge in [0.05, 0.1) is 6.61 Å². The molecular formula is C15H21NO2. The van der Waals surface area contributed by atoms with Gasteiger partial charge in [0.15, 0.2) is 0 Å². The molecule has 2 aliphatic rings. The van der Waals surface area contributed by atoms with Crippen LogP contribution in [0.2, 0.25) is 0 Å². The summed E-state index contributed by atoms with van der Waals surface area (Å²) in [5, 5.41) is 19.5. The van der Waals surface area contributed by atoms with Gasteiger partial charge >= 0.3 is 0 Å². The Hall–Kier alpha value is -1.06. The molecule has 2 aliphatic carbocycles. The molecule has 1 aromatic rings. The highest BCUT2D eigenvalue weighted by Gasteiger charge is 2.51. The van der Waals surface area contributed by atoms with Gasteiger partial charge in [0.1, 0.15) is 5.75 Å². The van der Waals surface area contributed by atoms with Crippen molar-refractivity contribution in [1.29, 1.82) is 0 Å². The number of aliphatic hydroxyl groups is 1. The third kappa shape index (κ3) is 1.50. The molecule has 0 spiro atoms. The standard InChI is InChI=1S/C15H21NO2/c1-14-5-4-13(16)15(8-14,9-17)7-10-2-3-11(18)6-12(10)14/h2-3,6,13,17-18H,4-5,7-9,16H2,1H3. The lowest BCUT2D eigenvalue weighted by Crippen LogP contribution is -2.56. The molecule has 3 atom stereocenters. The third-order valence-electron chi connectivity index (χ3n) is 5.14. The number of aliphatic hydroxyl groups excluding tert-OH is 1. The minimum absolute atomic E-state index is 0.0466. The quantitative estimate of drug-likeness (QED) is 0.707. The zero-order valence-electron chi connectivity index (χ0n) is 10.8. The summed E-state index contributed by atoms with van der Waals surface area (Å²) in [5.74, 6) is 0.335. The van der Waals surface area contributed by atoms with Gasteiger partial charge in [0.25, 0.3) is 0 Å². The van der Waals surface area contributed by atoms with Crippen LogP contribution >= 0.6 is 0 Å². The number of aromatic hydroxyl groups is 1. The average molecular weight is 247 g/mol. The Morgan fingerprint density at radius 3 is 2.94 bits per heavy atom. The first-order valence-corrected chi connectivity index (χ1v) is 6.68. The monoisotopic (exact) mass is 247 g/mol. The van der Waals surface area contributed by atoms with Crippen molar-refractivity contribution in [1.82, 2.24) is 0 Å². The Bertz CT molecular complexity index is 487. The van der Waals surface area contributed by atoms with Crippen molar-refractivity contribution in [2.24, 2.45) is 11.1 Å². The molecule has 0 amide bonds. The van der Waals surface area contributed by atoms with E-state index >= 15 is 0 Å². The van der Waals surface area contributed by atoms with E-state index in [1.54, 1.807) is 6.07 Å². The highest BCUT2D eigenvalue weighted by Crippen LogP contribution is 2.54. The largest absolute Gasteiger partial charge is 0.508 e. The number of hydrogen-bond acceptors (Lipinski definition) is 3. The lowest BCUT2D eigenvalue weighted by molar-refractivity contribution is 0.0171. The molecule has 0 heterocycles. The van der Waals surface area contributed by atoms with Crippen LogP contribution in [0.4, 0.5) is 0 Å². The number of benzene rings is 1. The zero-order chi connectivity index (χ0) is 13.0. The van der Waals surface area contributed by atoms with Gasteiger partial charge in [-0.1, -0.05) is 13.0 Å². The van der Waals surface area contributed by atoms with Crippen LogP contribution in [0.5, 0.6) is 5.75 Å². The van der Waals surface area contributed by atoms with Gasteiger partial charge in [-0.25, -0.2) is 0 Å². The van der Waals surface area contributed by atoms with Gasteiger partial charge in [-0.15, -0.1) is 0 Å². The van der Waals surface area contributed by atoms with E-state index in [1.165, 1.54) is 11.1 Å². The maximum Gasteiger partial charge on any atom is 0.115 e. The third-order valence-corrected chi connectivity index (χ3v) is 5.14. The molecule has 98 valence electrons. The first kappa shape index (κ1) is 12.0. The number of phenolic OH excluding ortho intramolecular Hbond substituents is 1.